The van der Waals surface area contributed by atoms with Gasteiger partial charge in [-0.2, -0.15) is 10.1 Å². The van der Waals surface area contributed by atoms with Gasteiger partial charge in [0.2, 0.25) is 5.95 Å². The summed E-state index contributed by atoms with van der Waals surface area (Å²) in [6, 6.07) is 7.21. The van der Waals surface area contributed by atoms with Gasteiger partial charge < -0.3 is 14.8 Å². The van der Waals surface area contributed by atoms with E-state index in [1.165, 1.54) is 12.7 Å². The van der Waals surface area contributed by atoms with Crippen LogP contribution in [0.3, 0.4) is 0 Å². The van der Waals surface area contributed by atoms with E-state index in [1.807, 2.05) is 31.2 Å². The number of methoxy groups -OCH3 is 1. The minimum atomic E-state index is -0.448. The van der Waals surface area contributed by atoms with Gasteiger partial charge in [0.05, 0.1) is 12.7 Å². The molecule has 0 bridgehead atoms. The van der Waals surface area contributed by atoms with Crippen LogP contribution in [0.5, 0.6) is 5.75 Å². The number of nitrogens with zero attached hydrogens (tertiary/aromatic N) is 3. The molecule has 7 nitrogen and oxygen atoms in total. The summed E-state index contributed by atoms with van der Waals surface area (Å²) in [7, 11) is 1.62. The number of hydrogen-bond acceptors (Lipinski definition) is 6. The number of ether oxygens (including phenoxy) is 2. The number of benzene rings is 1. The average molecular weight is 368 g/mol. The number of aromatic nitrogens is 3. The van der Waals surface area contributed by atoms with Crippen LogP contribution in [0.15, 0.2) is 41.9 Å². The maximum absolute atomic E-state index is 13.2. The second-order valence-corrected chi connectivity index (χ2v) is 7.00. The highest BCUT2D eigenvalue weighted by molar-refractivity contribution is 5.92. The van der Waals surface area contributed by atoms with Crippen molar-refractivity contribution in [1.29, 1.82) is 0 Å². The van der Waals surface area contributed by atoms with Crippen molar-refractivity contribution in [2.75, 3.05) is 12.4 Å². The van der Waals surface area contributed by atoms with Crippen molar-refractivity contribution in [2.45, 2.75) is 51.2 Å². The topological polar surface area (TPSA) is 78.3 Å². The number of carbonyl (C=O) groups excluding carboxylic acids is 1. The smallest absolute Gasteiger partial charge is 0.338 e. The molecule has 1 fully saturated rings. The van der Waals surface area contributed by atoms with E-state index in [0.717, 1.165) is 36.9 Å². The van der Waals surface area contributed by atoms with E-state index in [9.17, 15) is 4.79 Å². The molecule has 1 N–H and O–H groups in total. The molecule has 0 spiro atoms. The van der Waals surface area contributed by atoms with Crippen LogP contribution >= 0.6 is 0 Å². The molecule has 1 aliphatic heterocycles. The number of para-hydroxylation sites is 1. The van der Waals surface area contributed by atoms with Gasteiger partial charge >= 0.3 is 5.97 Å². The predicted molar refractivity (Wildman–Crippen MR) is 100 cm³/mol. The van der Waals surface area contributed by atoms with Gasteiger partial charge in [-0.3, -0.25) is 0 Å². The highest BCUT2D eigenvalue weighted by Crippen LogP contribution is 2.39. The number of hydrogen-bond donors (Lipinski definition) is 1. The van der Waals surface area contributed by atoms with Crippen LogP contribution in [0, 0.1) is 0 Å². The van der Waals surface area contributed by atoms with Crippen LogP contribution in [-0.4, -0.2) is 33.9 Å². The van der Waals surface area contributed by atoms with E-state index in [4.69, 9.17) is 9.47 Å². The summed E-state index contributed by atoms with van der Waals surface area (Å²) in [5, 5.41) is 7.52. The second kappa shape index (κ2) is 7.42. The van der Waals surface area contributed by atoms with Crippen molar-refractivity contribution in [1.82, 2.24) is 14.8 Å². The number of allylic oxidation sites excluding steroid dienone is 1. The number of esters is 1. The van der Waals surface area contributed by atoms with Crippen molar-refractivity contribution >= 4 is 11.9 Å². The summed E-state index contributed by atoms with van der Waals surface area (Å²) >= 11 is 0. The average Bonchev–Trinajstić information content (AvgIpc) is 3.15. The van der Waals surface area contributed by atoms with Gasteiger partial charge in [-0.15, -0.1) is 0 Å². The third kappa shape index (κ3) is 3.29. The summed E-state index contributed by atoms with van der Waals surface area (Å²) in [5.74, 6) is 0.989. The van der Waals surface area contributed by atoms with Crippen LogP contribution in [0.4, 0.5) is 5.95 Å². The van der Waals surface area contributed by atoms with Crippen molar-refractivity contribution in [3.05, 3.63) is 47.4 Å². The Morgan fingerprint density at radius 3 is 2.78 bits per heavy atom. The van der Waals surface area contributed by atoms with Gasteiger partial charge in [-0.05, 0) is 38.7 Å². The molecule has 0 radical (unpaired) electrons. The fourth-order valence-electron chi connectivity index (χ4n) is 3.93. The molecule has 142 valence electrons. The van der Waals surface area contributed by atoms with Crippen LogP contribution < -0.4 is 10.1 Å². The molecule has 7 heteroatoms. The molecule has 4 rings (SSSR count). The zero-order valence-corrected chi connectivity index (χ0v) is 15.6. The molecule has 2 heterocycles. The molecule has 1 aliphatic carbocycles. The van der Waals surface area contributed by atoms with Crippen LogP contribution in [-0.2, 0) is 9.53 Å². The summed E-state index contributed by atoms with van der Waals surface area (Å²) in [4.78, 5) is 17.4. The van der Waals surface area contributed by atoms with Gasteiger partial charge in [0.25, 0.3) is 0 Å². The lowest BCUT2D eigenvalue weighted by Gasteiger charge is -2.30. The number of carbonyl (C=O) groups is 1. The van der Waals surface area contributed by atoms with Crippen molar-refractivity contribution in [3.63, 3.8) is 0 Å². The molecule has 1 aromatic carbocycles. The Morgan fingerprint density at radius 2 is 2.00 bits per heavy atom. The standard InChI is InChI=1S/C20H24N4O3/c1-13-17(19(25)27-14-8-4-3-5-9-14)18(24-20(23-13)21-12-22-24)15-10-6-7-11-16(15)26-2/h6-7,10-12,14,18H,3-5,8-9H2,1-2H3,(H,21,22,23)/t18-/m1/s1. The Kier molecular flexibility index (Phi) is 4.83. The number of rotatable bonds is 4. The first kappa shape index (κ1) is 17.6. The summed E-state index contributed by atoms with van der Waals surface area (Å²) in [6.45, 7) is 1.87. The van der Waals surface area contributed by atoms with Crippen LogP contribution in [0.1, 0.15) is 50.6 Å². The summed E-state index contributed by atoms with van der Waals surface area (Å²) in [6.07, 6.45) is 6.76. The van der Waals surface area contributed by atoms with Gasteiger partial charge in [0, 0.05) is 11.3 Å². The second-order valence-electron chi connectivity index (χ2n) is 7.00. The van der Waals surface area contributed by atoms with E-state index in [1.54, 1.807) is 11.8 Å². The third-order valence-electron chi connectivity index (χ3n) is 5.27. The normalized spacial score (nSPS) is 20.0. The highest BCUT2D eigenvalue weighted by atomic mass is 16.5. The SMILES string of the molecule is COc1ccccc1[C@@H]1C(C(=O)OC2CCCCC2)=C(C)Nc2ncnn21. The molecule has 2 aliphatic rings. The van der Waals surface area contributed by atoms with Crippen molar-refractivity contribution in [3.8, 4) is 5.75 Å². The molecule has 1 saturated carbocycles. The molecule has 0 saturated heterocycles. The highest BCUT2D eigenvalue weighted by Gasteiger charge is 2.36. The Morgan fingerprint density at radius 1 is 1.22 bits per heavy atom. The maximum atomic E-state index is 13.2. The Labute approximate surface area is 158 Å². The number of fused-ring (bicyclic) bond motifs is 1. The van der Waals surface area contributed by atoms with Crippen LogP contribution in [0.25, 0.3) is 0 Å². The first-order valence-corrected chi connectivity index (χ1v) is 9.40. The number of anilines is 1. The number of nitrogens with one attached hydrogen (secondary N) is 1. The molecular formula is C20H24N4O3. The fraction of sp³-hybridized carbons (Fsp3) is 0.450. The quantitative estimate of drug-likeness (QED) is 0.833. The lowest BCUT2D eigenvalue weighted by Crippen LogP contribution is -2.32. The Bertz CT molecular complexity index is 868. The first-order valence-electron chi connectivity index (χ1n) is 9.40. The maximum Gasteiger partial charge on any atom is 0.338 e. The molecular weight excluding hydrogens is 344 g/mol. The summed E-state index contributed by atoms with van der Waals surface area (Å²) < 4.78 is 13.1. The molecule has 0 amide bonds. The Balaban J connectivity index is 1.74. The monoisotopic (exact) mass is 368 g/mol. The lowest BCUT2D eigenvalue weighted by atomic mass is 9.94. The molecule has 1 atom stereocenters. The molecule has 27 heavy (non-hydrogen) atoms. The van der Waals surface area contributed by atoms with Crippen molar-refractivity contribution < 1.29 is 14.3 Å². The molecule has 0 unspecified atom stereocenters. The van der Waals surface area contributed by atoms with E-state index < -0.39 is 6.04 Å². The van der Waals surface area contributed by atoms with Gasteiger partial charge in [-0.25, -0.2) is 9.48 Å². The third-order valence-corrected chi connectivity index (χ3v) is 5.27. The minimum Gasteiger partial charge on any atom is -0.496 e. The zero-order chi connectivity index (χ0) is 18.8. The molecule has 1 aromatic heterocycles. The van der Waals surface area contributed by atoms with E-state index in [2.05, 4.69) is 15.4 Å². The minimum absolute atomic E-state index is 0.0120. The van der Waals surface area contributed by atoms with E-state index in [-0.39, 0.29) is 12.1 Å². The fourth-order valence-corrected chi connectivity index (χ4v) is 3.93. The van der Waals surface area contributed by atoms with E-state index >= 15 is 0 Å². The van der Waals surface area contributed by atoms with E-state index in [0.29, 0.717) is 17.3 Å². The zero-order valence-electron chi connectivity index (χ0n) is 15.6. The van der Waals surface area contributed by atoms with Gasteiger partial charge in [-0.1, -0.05) is 24.6 Å². The lowest BCUT2D eigenvalue weighted by molar-refractivity contribution is -0.146. The largest absolute Gasteiger partial charge is 0.496 e. The summed E-state index contributed by atoms with van der Waals surface area (Å²) in [5.41, 5.74) is 2.12. The van der Waals surface area contributed by atoms with Crippen molar-refractivity contribution in [2.24, 2.45) is 0 Å². The Hall–Kier alpha value is -2.83. The van der Waals surface area contributed by atoms with Crippen LogP contribution in [0.2, 0.25) is 0 Å². The molecule has 2 aromatic rings. The first-order chi connectivity index (χ1) is 13.2. The predicted octanol–water partition coefficient (Wildman–Crippen LogP) is 3.45. The van der Waals surface area contributed by atoms with Gasteiger partial charge in [0.15, 0.2) is 0 Å². The van der Waals surface area contributed by atoms with Gasteiger partial charge in [0.1, 0.15) is 24.2 Å².